The fourth-order valence-corrected chi connectivity index (χ4v) is 2.79. The number of Topliss-reactive ketones (excluding diaryl/α,β-unsaturated/α-hetero) is 1. The Kier molecular flexibility index (Phi) is 3.84. The van der Waals surface area contributed by atoms with Crippen LogP contribution < -0.4 is 0 Å². The summed E-state index contributed by atoms with van der Waals surface area (Å²) in [4.78, 5) is 22.9. The summed E-state index contributed by atoms with van der Waals surface area (Å²) in [7, 11) is 1.39. The summed E-state index contributed by atoms with van der Waals surface area (Å²) in [5.74, 6) is -0.508. The van der Waals surface area contributed by atoms with Gasteiger partial charge in [0.15, 0.2) is 5.78 Å². The third-order valence-corrected chi connectivity index (χ3v) is 4.14. The average molecular weight is 276 g/mol. The van der Waals surface area contributed by atoms with Crippen molar-refractivity contribution in [3.63, 3.8) is 0 Å². The van der Waals surface area contributed by atoms with E-state index in [4.69, 9.17) is 4.74 Å². The van der Waals surface area contributed by atoms with Crippen molar-refractivity contribution >= 4 is 11.8 Å². The van der Waals surface area contributed by atoms with Crippen molar-refractivity contribution in [1.82, 2.24) is 0 Å². The van der Waals surface area contributed by atoms with Gasteiger partial charge in [0.1, 0.15) is 5.75 Å². The van der Waals surface area contributed by atoms with Crippen molar-refractivity contribution in [3.05, 3.63) is 29.3 Å². The number of benzene rings is 1. The Morgan fingerprint density at radius 2 is 2.05 bits per heavy atom. The number of carbonyl (C=O) groups excluding carboxylic acids is 2. The van der Waals surface area contributed by atoms with Crippen LogP contribution >= 0.6 is 0 Å². The van der Waals surface area contributed by atoms with Crippen molar-refractivity contribution in [2.45, 2.75) is 38.5 Å². The quantitative estimate of drug-likeness (QED) is 0.663. The van der Waals surface area contributed by atoms with E-state index in [0.29, 0.717) is 12.0 Å². The van der Waals surface area contributed by atoms with Crippen LogP contribution in [-0.2, 0) is 14.9 Å². The molecule has 1 aliphatic carbocycles. The van der Waals surface area contributed by atoms with Crippen molar-refractivity contribution in [1.29, 1.82) is 0 Å². The van der Waals surface area contributed by atoms with Crippen LogP contribution in [0.4, 0.5) is 0 Å². The molecule has 0 aromatic heterocycles. The fraction of sp³-hybridized carbons (Fsp3) is 0.500. The van der Waals surface area contributed by atoms with Crippen LogP contribution in [0.1, 0.15) is 49.0 Å². The molecule has 108 valence electrons. The monoisotopic (exact) mass is 276 g/mol. The average Bonchev–Trinajstić information content (AvgIpc) is 3.18. The van der Waals surface area contributed by atoms with Crippen LogP contribution in [0.5, 0.6) is 5.75 Å². The number of ether oxygens (including phenoxy) is 1. The molecule has 1 fully saturated rings. The first-order valence-electron chi connectivity index (χ1n) is 6.82. The first kappa shape index (κ1) is 14.6. The molecule has 0 unspecified atom stereocenters. The van der Waals surface area contributed by atoms with Crippen LogP contribution in [-0.4, -0.2) is 24.0 Å². The number of ketones is 1. The van der Waals surface area contributed by atoms with Crippen LogP contribution in [0, 0.1) is 5.92 Å². The molecule has 1 atom stereocenters. The van der Waals surface area contributed by atoms with Crippen LogP contribution in [0.3, 0.4) is 0 Å². The van der Waals surface area contributed by atoms with E-state index in [1.807, 2.05) is 13.0 Å². The lowest BCUT2D eigenvalue weighted by molar-refractivity contribution is -0.145. The first-order chi connectivity index (χ1) is 9.39. The lowest BCUT2D eigenvalue weighted by atomic mass is 9.86. The molecule has 0 spiro atoms. The van der Waals surface area contributed by atoms with Crippen LogP contribution in [0.25, 0.3) is 0 Å². The molecule has 1 saturated carbocycles. The molecule has 2 rings (SSSR count). The lowest BCUT2D eigenvalue weighted by Crippen LogP contribution is -2.20. The molecule has 0 bridgehead atoms. The molecule has 1 aliphatic rings. The van der Waals surface area contributed by atoms with E-state index in [1.54, 1.807) is 12.1 Å². The van der Waals surface area contributed by atoms with Gasteiger partial charge in [-0.1, -0.05) is 13.0 Å². The van der Waals surface area contributed by atoms with Crippen molar-refractivity contribution in [2.75, 3.05) is 7.11 Å². The molecule has 1 N–H and O–H groups in total. The highest BCUT2D eigenvalue weighted by Gasteiger charge is 2.46. The van der Waals surface area contributed by atoms with E-state index in [0.717, 1.165) is 18.4 Å². The number of esters is 1. The minimum absolute atomic E-state index is 0.0204. The van der Waals surface area contributed by atoms with Gasteiger partial charge in [-0.15, -0.1) is 0 Å². The van der Waals surface area contributed by atoms with Gasteiger partial charge in [-0.2, -0.15) is 0 Å². The van der Waals surface area contributed by atoms with Gasteiger partial charge in [-0.3, -0.25) is 9.59 Å². The topological polar surface area (TPSA) is 63.6 Å². The Balaban J connectivity index is 2.21. The van der Waals surface area contributed by atoms with Gasteiger partial charge in [0.25, 0.3) is 0 Å². The summed E-state index contributed by atoms with van der Waals surface area (Å²) in [5, 5.41) is 9.93. The number of carbonyl (C=O) groups is 2. The minimum Gasteiger partial charge on any atom is -0.507 e. The zero-order valence-corrected chi connectivity index (χ0v) is 12.1. The van der Waals surface area contributed by atoms with Crippen LogP contribution in [0.15, 0.2) is 18.2 Å². The van der Waals surface area contributed by atoms with Gasteiger partial charge < -0.3 is 9.84 Å². The number of hydrogen-bond acceptors (Lipinski definition) is 4. The van der Waals surface area contributed by atoms with Crippen molar-refractivity contribution in [2.24, 2.45) is 5.92 Å². The largest absolute Gasteiger partial charge is 0.507 e. The standard InChI is InChI=1S/C16H20O4/c1-10(15(19)20-3)9-16(6-7-16)12-4-5-13(11(2)17)14(18)8-12/h4-5,8,10,18H,6-7,9H2,1-3H3/t10-/m1/s1. The summed E-state index contributed by atoms with van der Waals surface area (Å²) >= 11 is 0. The van der Waals surface area contributed by atoms with E-state index >= 15 is 0 Å². The zero-order chi connectivity index (χ0) is 14.9. The second-order valence-electron chi connectivity index (χ2n) is 5.70. The van der Waals surface area contributed by atoms with Gasteiger partial charge in [0.2, 0.25) is 0 Å². The smallest absolute Gasteiger partial charge is 0.308 e. The second kappa shape index (κ2) is 5.27. The number of aromatic hydroxyl groups is 1. The minimum atomic E-state index is -0.208. The molecule has 4 heteroatoms. The number of hydrogen-bond donors (Lipinski definition) is 1. The number of phenols is 1. The Morgan fingerprint density at radius 3 is 2.50 bits per heavy atom. The highest BCUT2D eigenvalue weighted by Crippen LogP contribution is 2.53. The first-order valence-corrected chi connectivity index (χ1v) is 6.82. The van der Waals surface area contributed by atoms with Gasteiger partial charge >= 0.3 is 5.97 Å². The summed E-state index contributed by atoms with van der Waals surface area (Å²) < 4.78 is 4.76. The summed E-state index contributed by atoms with van der Waals surface area (Å²) in [6.45, 7) is 3.29. The highest BCUT2D eigenvalue weighted by atomic mass is 16.5. The molecule has 1 aromatic carbocycles. The summed E-state index contributed by atoms with van der Waals surface area (Å²) in [6.07, 6.45) is 2.69. The number of phenolic OH excluding ortho intramolecular Hbond substituents is 1. The van der Waals surface area contributed by atoms with Crippen molar-refractivity contribution < 1.29 is 19.4 Å². The Morgan fingerprint density at radius 1 is 1.40 bits per heavy atom. The highest BCUT2D eigenvalue weighted by molar-refractivity contribution is 5.96. The predicted molar refractivity (Wildman–Crippen MR) is 74.8 cm³/mol. The normalized spacial score (nSPS) is 17.4. The van der Waals surface area contributed by atoms with E-state index in [9.17, 15) is 14.7 Å². The van der Waals surface area contributed by atoms with E-state index in [2.05, 4.69) is 0 Å². The van der Waals surface area contributed by atoms with Gasteiger partial charge in [0, 0.05) is 0 Å². The molecule has 0 amide bonds. The van der Waals surface area contributed by atoms with Crippen molar-refractivity contribution in [3.8, 4) is 5.75 Å². The number of methoxy groups -OCH3 is 1. The molecule has 0 radical (unpaired) electrons. The van der Waals surface area contributed by atoms with E-state index in [-0.39, 0.29) is 28.8 Å². The molecule has 20 heavy (non-hydrogen) atoms. The maximum absolute atomic E-state index is 11.5. The Labute approximate surface area is 118 Å². The molecule has 0 heterocycles. The van der Waals surface area contributed by atoms with Gasteiger partial charge in [0.05, 0.1) is 18.6 Å². The van der Waals surface area contributed by atoms with Crippen LogP contribution in [0.2, 0.25) is 0 Å². The summed E-state index contributed by atoms with van der Waals surface area (Å²) in [5.41, 5.74) is 1.28. The maximum atomic E-state index is 11.5. The molecular weight excluding hydrogens is 256 g/mol. The molecule has 0 saturated heterocycles. The maximum Gasteiger partial charge on any atom is 0.308 e. The zero-order valence-electron chi connectivity index (χ0n) is 12.1. The predicted octanol–water partition coefficient (Wildman–Crippen LogP) is 2.83. The van der Waals surface area contributed by atoms with E-state index < -0.39 is 0 Å². The molecule has 1 aromatic rings. The molecule has 0 aliphatic heterocycles. The fourth-order valence-electron chi connectivity index (χ4n) is 2.79. The van der Waals surface area contributed by atoms with E-state index in [1.165, 1.54) is 14.0 Å². The van der Waals surface area contributed by atoms with Gasteiger partial charge in [-0.05, 0) is 49.3 Å². The molecular formula is C16H20O4. The Hall–Kier alpha value is -1.84. The number of rotatable bonds is 5. The van der Waals surface area contributed by atoms with Gasteiger partial charge in [-0.25, -0.2) is 0 Å². The SMILES string of the molecule is COC(=O)[C@H](C)CC1(c2ccc(C(C)=O)c(O)c2)CC1. The third kappa shape index (κ3) is 2.69. The third-order valence-electron chi connectivity index (χ3n) is 4.14. The lowest BCUT2D eigenvalue weighted by Gasteiger charge is -2.20. The second-order valence-corrected chi connectivity index (χ2v) is 5.70. The molecule has 4 nitrogen and oxygen atoms in total. The summed E-state index contributed by atoms with van der Waals surface area (Å²) in [6, 6.07) is 5.21. The Bertz CT molecular complexity index is 543.